The molecular formula is C33H34F3N7O4. The maximum atomic E-state index is 13.0. The van der Waals surface area contributed by atoms with E-state index < -0.39 is 29.3 Å². The molecule has 2 aliphatic rings. The molecule has 0 spiro atoms. The highest BCUT2D eigenvalue weighted by Crippen LogP contribution is 2.34. The monoisotopic (exact) mass is 649 g/mol. The number of fused-ring (bicyclic) bond motifs is 1. The van der Waals surface area contributed by atoms with Crippen LogP contribution in [0.4, 0.5) is 18.9 Å². The van der Waals surface area contributed by atoms with Gasteiger partial charge in [0.2, 0.25) is 11.8 Å². The molecule has 0 saturated carbocycles. The second-order valence-electron chi connectivity index (χ2n) is 12.6. The summed E-state index contributed by atoms with van der Waals surface area (Å²) in [5.74, 6) is -1.65. The second-order valence-corrected chi connectivity index (χ2v) is 12.6. The van der Waals surface area contributed by atoms with Crippen LogP contribution in [0.25, 0.3) is 10.9 Å². The molecule has 4 aromatic rings. The average molecular weight is 650 g/mol. The lowest BCUT2D eigenvalue weighted by Gasteiger charge is -2.32. The van der Waals surface area contributed by atoms with Crippen LogP contribution in [-0.2, 0) is 27.9 Å². The van der Waals surface area contributed by atoms with Crippen molar-refractivity contribution in [3.05, 3.63) is 83.1 Å². The van der Waals surface area contributed by atoms with Crippen molar-refractivity contribution in [1.29, 1.82) is 0 Å². The van der Waals surface area contributed by atoms with Crippen molar-refractivity contribution in [3.8, 4) is 0 Å². The van der Waals surface area contributed by atoms with Crippen LogP contribution in [-0.4, -0.2) is 60.6 Å². The van der Waals surface area contributed by atoms with Crippen molar-refractivity contribution in [2.24, 2.45) is 0 Å². The first kappa shape index (κ1) is 32.3. The van der Waals surface area contributed by atoms with Gasteiger partial charge in [0, 0.05) is 61.3 Å². The summed E-state index contributed by atoms with van der Waals surface area (Å²) in [6.07, 6.45) is 2.28. The number of anilines is 1. The highest BCUT2D eigenvalue weighted by molar-refractivity contribution is 6.05. The Morgan fingerprint density at radius 3 is 2.49 bits per heavy atom. The van der Waals surface area contributed by atoms with Crippen LogP contribution < -0.4 is 10.6 Å². The molecule has 2 saturated heterocycles. The molecular weight excluding hydrogens is 615 g/mol. The highest BCUT2D eigenvalue weighted by atomic mass is 19.4. The zero-order chi connectivity index (χ0) is 33.5. The molecule has 0 aliphatic carbocycles. The zero-order valence-electron chi connectivity index (χ0n) is 25.8. The summed E-state index contributed by atoms with van der Waals surface area (Å²) in [5, 5.41) is 21.5. The smallest absolute Gasteiger partial charge is 0.386 e. The predicted molar refractivity (Wildman–Crippen MR) is 165 cm³/mol. The molecule has 1 atom stereocenters. The topological polar surface area (TPSA) is 142 Å². The third-order valence-electron chi connectivity index (χ3n) is 8.66. The number of halogens is 3. The van der Waals surface area contributed by atoms with E-state index in [0.717, 1.165) is 55.2 Å². The summed E-state index contributed by atoms with van der Waals surface area (Å²) >= 11 is 0. The molecule has 1 unspecified atom stereocenters. The van der Waals surface area contributed by atoms with Crippen molar-refractivity contribution >= 4 is 34.3 Å². The number of amides is 3. The molecule has 47 heavy (non-hydrogen) atoms. The number of likely N-dealkylation sites (tertiary alicyclic amines) is 1. The van der Waals surface area contributed by atoms with E-state index in [-0.39, 0.29) is 23.4 Å². The Balaban J connectivity index is 1.13. The number of pyridine rings is 2. The van der Waals surface area contributed by atoms with E-state index in [9.17, 15) is 32.7 Å². The molecule has 0 bridgehead atoms. The summed E-state index contributed by atoms with van der Waals surface area (Å²) < 4.78 is 40.7. The van der Waals surface area contributed by atoms with Gasteiger partial charge in [0.05, 0.1) is 34.3 Å². The zero-order valence-corrected chi connectivity index (χ0v) is 25.8. The Kier molecular flexibility index (Phi) is 8.57. The Morgan fingerprint density at radius 1 is 1.06 bits per heavy atom. The summed E-state index contributed by atoms with van der Waals surface area (Å²) in [5.41, 5.74) is 0.576. The molecule has 1 aromatic carbocycles. The third-order valence-corrected chi connectivity index (χ3v) is 8.66. The number of carbonyl (C=O) groups is 3. The van der Waals surface area contributed by atoms with E-state index in [1.165, 1.54) is 0 Å². The second kappa shape index (κ2) is 12.5. The van der Waals surface area contributed by atoms with Gasteiger partial charge in [-0.05, 0) is 75.1 Å². The third kappa shape index (κ3) is 7.18. The molecule has 3 amide bonds. The number of hydrogen-bond donors (Lipinski definition) is 3. The minimum absolute atomic E-state index is 0.0544. The minimum Gasteiger partial charge on any atom is -0.386 e. The molecule has 6 rings (SSSR count). The largest absolute Gasteiger partial charge is 0.433 e. The first-order chi connectivity index (χ1) is 22.2. The van der Waals surface area contributed by atoms with Crippen molar-refractivity contribution in [3.63, 3.8) is 0 Å². The van der Waals surface area contributed by atoms with Gasteiger partial charge in [0.15, 0.2) is 0 Å². The first-order valence-electron chi connectivity index (χ1n) is 15.4. The van der Waals surface area contributed by atoms with E-state index in [4.69, 9.17) is 5.10 Å². The van der Waals surface area contributed by atoms with Crippen LogP contribution in [0.3, 0.4) is 0 Å². The molecule has 11 nitrogen and oxygen atoms in total. The number of imide groups is 1. The number of aliphatic hydroxyl groups is 1. The normalized spacial score (nSPS) is 18.4. The molecule has 2 aliphatic heterocycles. The number of aromatic nitrogens is 4. The van der Waals surface area contributed by atoms with Gasteiger partial charge in [-0.15, -0.1) is 0 Å². The summed E-state index contributed by atoms with van der Waals surface area (Å²) in [4.78, 5) is 46.9. The number of hydrogen-bond acceptors (Lipinski definition) is 8. The van der Waals surface area contributed by atoms with E-state index in [1.807, 2.05) is 23.0 Å². The van der Waals surface area contributed by atoms with E-state index in [0.29, 0.717) is 41.8 Å². The van der Waals surface area contributed by atoms with Gasteiger partial charge in [0.25, 0.3) is 5.91 Å². The Labute approximate surface area is 268 Å². The van der Waals surface area contributed by atoms with Gasteiger partial charge in [-0.2, -0.15) is 18.3 Å². The fourth-order valence-electron chi connectivity index (χ4n) is 6.14. The van der Waals surface area contributed by atoms with E-state index in [2.05, 4.69) is 25.5 Å². The van der Waals surface area contributed by atoms with Crippen molar-refractivity contribution in [1.82, 2.24) is 30.0 Å². The van der Waals surface area contributed by atoms with Crippen LogP contribution in [0.2, 0.25) is 0 Å². The van der Waals surface area contributed by atoms with Gasteiger partial charge in [-0.25, -0.2) is 0 Å². The first-order valence-corrected chi connectivity index (χ1v) is 15.4. The minimum atomic E-state index is -4.62. The number of carbonyl (C=O) groups excluding carboxylic acids is 3. The van der Waals surface area contributed by atoms with Gasteiger partial charge < -0.3 is 10.4 Å². The average Bonchev–Trinajstić information content (AvgIpc) is 3.43. The summed E-state index contributed by atoms with van der Waals surface area (Å²) in [6, 6.07) is 9.23. The van der Waals surface area contributed by atoms with Crippen LogP contribution in [0.5, 0.6) is 0 Å². The Bertz CT molecular complexity index is 1820. The molecule has 14 heteroatoms. The van der Waals surface area contributed by atoms with Gasteiger partial charge in [-0.3, -0.25) is 39.3 Å². The van der Waals surface area contributed by atoms with Crippen LogP contribution >= 0.6 is 0 Å². The fraction of sp³-hybridized carbons (Fsp3) is 0.394. The molecule has 5 heterocycles. The predicted octanol–water partition coefficient (Wildman–Crippen LogP) is 4.68. The lowest BCUT2D eigenvalue weighted by Crippen LogP contribution is -2.39. The van der Waals surface area contributed by atoms with Gasteiger partial charge in [0.1, 0.15) is 5.69 Å². The number of alkyl halides is 3. The van der Waals surface area contributed by atoms with Crippen LogP contribution in [0.1, 0.15) is 84.4 Å². The summed E-state index contributed by atoms with van der Waals surface area (Å²) in [7, 11) is 0. The van der Waals surface area contributed by atoms with Crippen LogP contribution in [0.15, 0.2) is 55.0 Å². The standard InChI is InChI=1S/C33H34F3N7O4/c1-32(2,47)24-15-25-21(14-27(24)39-30(45)20-3-5-28(38-16-20)33(34,35)36)18-43(41-25)22-8-11-42(12-9-22)17-19-7-10-37-26(13-19)23-4-6-29(44)40-31(23)46/h3,5,7,10,13-16,18,22-23,47H,4,6,8-9,11-12,17H2,1-2H3,(H,39,45)(H,40,44,46). The highest BCUT2D eigenvalue weighted by Gasteiger charge is 2.33. The quantitative estimate of drug-likeness (QED) is 0.245. The molecule has 3 N–H and O–H groups in total. The van der Waals surface area contributed by atoms with Crippen molar-refractivity contribution in [2.45, 2.75) is 69.8 Å². The number of nitrogens with one attached hydrogen (secondary N) is 2. The SMILES string of the molecule is CC(C)(O)c1cc2nn(C3CCN(Cc4ccnc(C5CCC(=O)NC5=O)c4)CC3)cc2cc1NC(=O)c1ccc(C(F)(F)F)nc1. The van der Waals surface area contributed by atoms with Gasteiger partial charge in [-0.1, -0.05) is 0 Å². The maximum Gasteiger partial charge on any atom is 0.433 e. The molecule has 0 radical (unpaired) electrons. The fourth-order valence-corrected chi connectivity index (χ4v) is 6.14. The van der Waals surface area contributed by atoms with E-state index in [1.54, 1.807) is 32.2 Å². The molecule has 2 fully saturated rings. The number of piperidine rings is 2. The van der Waals surface area contributed by atoms with Gasteiger partial charge >= 0.3 is 6.18 Å². The Morgan fingerprint density at radius 2 is 1.83 bits per heavy atom. The maximum absolute atomic E-state index is 13.0. The number of rotatable bonds is 7. The Hall–Kier alpha value is -4.69. The number of nitrogens with zero attached hydrogens (tertiary/aromatic N) is 5. The lowest BCUT2D eigenvalue weighted by atomic mass is 9.93. The van der Waals surface area contributed by atoms with Crippen molar-refractivity contribution < 1.29 is 32.7 Å². The molecule has 246 valence electrons. The van der Waals surface area contributed by atoms with Crippen LogP contribution in [0, 0.1) is 0 Å². The molecule has 3 aromatic heterocycles. The summed E-state index contributed by atoms with van der Waals surface area (Å²) in [6.45, 7) is 5.48. The lowest BCUT2D eigenvalue weighted by molar-refractivity contribution is -0.141. The number of benzene rings is 1. The van der Waals surface area contributed by atoms with E-state index >= 15 is 0 Å². The van der Waals surface area contributed by atoms with Crippen molar-refractivity contribution in [2.75, 3.05) is 18.4 Å².